The number of nitrogens with one attached hydrogen (secondary N) is 2. The molecule has 1 heterocycles. The van der Waals surface area contributed by atoms with Crippen molar-refractivity contribution in [3.63, 3.8) is 0 Å². The van der Waals surface area contributed by atoms with Gasteiger partial charge in [-0.05, 0) is 69.2 Å². The van der Waals surface area contributed by atoms with E-state index < -0.39 is 0 Å². The minimum atomic E-state index is 0.245. The van der Waals surface area contributed by atoms with E-state index in [1.807, 2.05) is 0 Å². The van der Waals surface area contributed by atoms with Gasteiger partial charge in [-0.1, -0.05) is 12.0 Å². The molecule has 0 spiro atoms. The van der Waals surface area contributed by atoms with E-state index in [9.17, 15) is 0 Å². The maximum atomic E-state index is 5.77. The first-order valence-corrected chi connectivity index (χ1v) is 8.56. The van der Waals surface area contributed by atoms with Crippen molar-refractivity contribution in [2.75, 3.05) is 11.9 Å². The van der Waals surface area contributed by atoms with Gasteiger partial charge in [0.15, 0.2) is 0 Å². The third kappa shape index (κ3) is 2.68. The highest BCUT2D eigenvalue weighted by molar-refractivity contribution is 5.27. The zero-order valence-electron chi connectivity index (χ0n) is 12.9. The van der Waals surface area contributed by atoms with E-state index in [2.05, 4.69) is 27.8 Å². The molecule has 5 nitrogen and oxygen atoms in total. The average molecular weight is 290 g/mol. The molecule has 116 valence electrons. The summed E-state index contributed by atoms with van der Waals surface area (Å²) in [6, 6.07) is 0.630. The van der Waals surface area contributed by atoms with E-state index in [1.165, 1.54) is 38.5 Å². The van der Waals surface area contributed by atoms with E-state index in [0.29, 0.717) is 18.5 Å². The van der Waals surface area contributed by atoms with Gasteiger partial charge in [-0.3, -0.25) is 0 Å². The smallest absolute Gasteiger partial charge is 0.315 e. The normalized spacial score (nSPS) is 37.1. The Hall–Kier alpha value is -1.10. The molecular formula is C16H26N4O. The Kier molecular flexibility index (Phi) is 3.40. The standard InChI is InChI=1S/C16H26N4O/c1-2-3-17-10-14-19-20-15(21-14)18-16-7-11-4-12(8-16)6-13(5-11)9-16/h11-13,17H,2-10H2,1H3,(H,18,20). The predicted molar refractivity (Wildman–Crippen MR) is 80.8 cm³/mol. The highest BCUT2D eigenvalue weighted by Gasteiger charge is 2.51. The van der Waals surface area contributed by atoms with Crippen LogP contribution in [-0.2, 0) is 6.54 Å². The van der Waals surface area contributed by atoms with Crippen LogP contribution in [0, 0.1) is 17.8 Å². The Bertz CT molecular complexity index is 463. The lowest BCUT2D eigenvalue weighted by molar-refractivity contribution is 0.00958. The van der Waals surface area contributed by atoms with Crippen LogP contribution in [0.15, 0.2) is 4.42 Å². The van der Waals surface area contributed by atoms with Gasteiger partial charge in [0.05, 0.1) is 6.54 Å². The van der Waals surface area contributed by atoms with E-state index in [1.54, 1.807) is 0 Å². The van der Waals surface area contributed by atoms with Crippen LogP contribution in [0.5, 0.6) is 0 Å². The second-order valence-corrected chi connectivity index (χ2v) is 7.50. The molecule has 4 aliphatic carbocycles. The summed E-state index contributed by atoms with van der Waals surface area (Å²) in [5.74, 6) is 3.47. The van der Waals surface area contributed by atoms with Gasteiger partial charge in [0.1, 0.15) is 0 Å². The molecule has 0 unspecified atom stereocenters. The molecule has 0 aliphatic heterocycles. The largest absolute Gasteiger partial charge is 0.407 e. The zero-order valence-corrected chi connectivity index (χ0v) is 12.9. The highest BCUT2D eigenvalue weighted by atomic mass is 16.4. The first-order chi connectivity index (χ1) is 10.2. The van der Waals surface area contributed by atoms with Gasteiger partial charge in [0, 0.05) is 5.54 Å². The van der Waals surface area contributed by atoms with Crippen LogP contribution >= 0.6 is 0 Å². The fourth-order valence-corrected chi connectivity index (χ4v) is 5.24. The van der Waals surface area contributed by atoms with Crippen LogP contribution < -0.4 is 10.6 Å². The van der Waals surface area contributed by atoms with E-state index in [0.717, 1.165) is 30.7 Å². The van der Waals surface area contributed by atoms with Crippen molar-refractivity contribution in [2.24, 2.45) is 17.8 Å². The lowest BCUT2D eigenvalue weighted by Gasteiger charge is -2.56. The van der Waals surface area contributed by atoms with Crippen molar-refractivity contribution in [2.45, 2.75) is 64.0 Å². The summed E-state index contributed by atoms with van der Waals surface area (Å²) in [6.45, 7) is 3.81. The summed E-state index contributed by atoms with van der Waals surface area (Å²) < 4.78 is 5.77. The van der Waals surface area contributed by atoms with E-state index >= 15 is 0 Å². The Morgan fingerprint density at radius 3 is 2.38 bits per heavy atom. The van der Waals surface area contributed by atoms with Crippen molar-refractivity contribution in [1.29, 1.82) is 0 Å². The van der Waals surface area contributed by atoms with Crippen molar-refractivity contribution in [1.82, 2.24) is 15.5 Å². The average Bonchev–Trinajstić information content (AvgIpc) is 2.84. The summed E-state index contributed by atoms with van der Waals surface area (Å²) in [5, 5.41) is 15.3. The van der Waals surface area contributed by atoms with Crippen LogP contribution in [0.4, 0.5) is 6.01 Å². The lowest BCUT2D eigenvalue weighted by Crippen LogP contribution is -2.54. The molecule has 21 heavy (non-hydrogen) atoms. The van der Waals surface area contributed by atoms with Gasteiger partial charge in [0.25, 0.3) is 0 Å². The fourth-order valence-electron chi connectivity index (χ4n) is 5.24. The van der Waals surface area contributed by atoms with E-state index in [-0.39, 0.29) is 5.54 Å². The SMILES string of the molecule is CCCNCc1nnc(NC23CC4CC(CC(C4)C2)C3)o1. The van der Waals surface area contributed by atoms with Crippen molar-refractivity contribution in [3.05, 3.63) is 5.89 Å². The Balaban J connectivity index is 1.41. The topological polar surface area (TPSA) is 63.0 Å². The number of anilines is 1. The van der Waals surface area contributed by atoms with Crippen LogP contribution in [0.1, 0.15) is 57.8 Å². The number of hydrogen-bond acceptors (Lipinski definition) is 5. The molecule has 0 atom stereocenters. The molecule has 0 amide bonds. The third-order valence-electron chi connectivity index (χ3n) is 5.58. The van der Waals surface area contributed by atoms with Gasteiger partial charge >= 0.3 is 6.01 Å². The molecule has 4 aliphatic rings. The van der Waals surface area contributed by atoms with Crippen LogP contribution in [-0.4, -0.2) is 22.3 Å². The summed E-state index contributed by atoms with van der Waals surface area (Å²) in [5.41, 5.74) is 0.245. The molecule has 5 rings (SSSR count). The molecular weight excluding hydrogens is 264 g/mol. The summed E-state index contributed by atoms with van der Waals surface area (Å²) in [4.78, 5) is 0. The maximum absolute atomic E-state index is 5.77. The Morgan fingerprint density at radius 1 is 1.10 bits per heavy atom. The minimum Gasteiger partial charge on any atom is -0.407 e. The summed E-state index contributed by atoms with van der Waals surface area (Å²) in [6.07, 6.45) is 9.37. The molecule has 0 radical (unpaired) electrons. The van der Waals surface area contributed by atoms with Gasteiger partial charge in [0.2, 0.25) is 5.89 Å². The molecule has 5 heteroatoms. The van der Waals surface area contributed by atoms with Crippen molar-refractivity contribution in [3.8, 4) is 0 Å². The molecule has 0 saturated heterocycles. The monoisotopic (exact) mass is 290 g/mol. The van der Waals surface area contributed by atoms with Crippen LogP contribution in [0.3, 0.4) is 0 Å². The molecule has 4 fully saturated rings. The van der Waals surface area contributed by atoms with Gasteiger partial charge < -0.3 is 15.1 Å². The van der Waals surface area contributed by atoms with Gasteiger partial charge in [-0.15, -0.1) is 5.10 Å². The van der Waals surface area contributed by atoms with Gasteiger partial charge in [-0.2, -0.15) is 0 Å². The van der Waals surface area contributed by atoms with E-state index in [4.69, 9.17) is 4.42 Å². The molecule has 0 aromatic carbocycles. The zero-order chi connectivity index (χ0) is 14.3. The third-order valence-corrected chi connectivity index (χ3v) is 5.58. The minimum absolute atomic E-state index is 0.245. The molecule has 4 bridgehead atoms. The van der Waals surface area contributed by atoms with Crippen LogP contribution in [0.25, 0.3) is 0 Å². The first kappa shape index (κ1) is 13.6. The maximum Gasteiger partial charge on any atom is 0.315 e. The Labute approximate surface area is 126 Å². The van der Waals surface area contributed by atoms with Crippen LogP contribution in [0.2, 0.25) is 0 Å². The fraction of sp³-hybridized carbons (Fsp3) is 0.875. The second-order valence-electron chi connectivity index (χ2n) is 7.50. The highest BCUT2D eigenvalue weighted by Crippen LogP contribution is 2.56. The van der Waals surface area contributed by atoms with Crippen molar-refractivity contribution >= 4 is 6.01 Å². The van der Waals surface area contributed by atoms with Gasteiger partial charge in [-0.25, -0.2) is 0 Å². The molecule has 1 aromatic rings. The predicted octanol–water partition coefficient (Wildman–Crippen LogP) is 2.95. The number of aromatic nitrogens is 2. The first-order valence-electron chi connectivity index (χ1n) is 8.56. The van der Waals surface area contributed by atoms with Crippen molar-refractivity contribution < 1.29 is 4.42 Å². The lowest BCUT2D eigenvalue weighted by atomic mass is 9.53. The molecule has 2 N–H and O–H groups in total. The molecule has 4 saturated carbocycles. The second kappa shape index (κ2) is 5.27. The number of hydrogen-bond donors (Lipinski definition) is 2. The number of nitrogens with zero attached hydrogens (tertiary/aromatic N) is 2. The summed E-state index contributed by atoms with van der Waals surface area (Å²) >= 11 is 0. The Morgan fingerprint density at radius 2 is 1.76 bits per heavy atom. The quantitative estimate of drug-likeness (QED) is 0.789. The molecule has 1 aromatic heterocycles. The number of rotatable bonds is 6. The summed E-state index contributed by atoms with van der Waals surface area (Å²) in [7, 11) is 0.